The van der Waals surface area contributed by atoms with Crippen LogP contribution in [0.15, 0.2) is 54.6 Å². The van der Waals surface area contributed by atoms with Crippen LogP contribution in [0.3, 0.4) is 0 Å². The molecule has 0 radical (unpaired) electrons. The molecular weight excluding hydrogens is 276 g/mol. The van der Waals surface area contributed by atoms with E-state index in [2.05, 4.69) is 0 Å². The minimum absolute atomic E-state index is 0.114. The van der Waals surface area contributed by atoms with Gasteiger partial charge in [0.05, 0.1) is 0 Å². The minimum Gasteiger partial charge on any atom is -0.507 e. The highest BCUT2D eigenvalue weighted by atomic mass is 35.5. The third-order valence-corrected chi connectivity index (χ3v) is 3.03. The lowest BCUT2D eigenvalue weighted by molar-refractivity contribution is -0.138. The monoisotopic (exact) mass is 288 g/mol. The van der Waals surface area contributed by atoms with Crippen LogP contribution in [0, 0.1) is 0 Å². The number of aromatic hydroxyl groups is 1. The molecule has 0 unspecified atom stereocenters. The Balaban J connectivity index is 1.93. The van der Waals surface area contributed by atoms with Gasteiger partial charge in [0.15, 0.2) is 0 Å². The Bertz CT molecular complexity index is 635. The van der Waals surface area contributed by atoms with Crippen LogP contribution in [0.4, 0.5) is 0 Å². The number of rotatable bonds is 4. The third kappa shape index (κ3) is 3.87. The maximum absolute atomic E-state index is 11.6. The van der Waals surface area contributed by atoms with Crippen molar-refractivity contribution in [2.24, 2.45) is 0 Å². The van der Waals surface area contributed by atoms with Gasteiger partial charge in [-0.2, -0.15) is 0 Å². The SMILES string of the molecule is O=C(/C=C/c1ccccc1O)OCc1ccccc1Cl. The van der Waals surface area contributed by atoms with Crippen molar-refractivity contribution in [3.63, 3.8) is 0 Å². The summed E-state index contributed by atoms with van der Waals surface area (Å²) in [7, 11) is 0. The molecule has 3 nitrogen and oxygen atoms in total. The molecule has 2 aromatic rings. The number of carbonyl (C=O) groups excluding carboxylic acids is 1. The Hall–Kier alpha value is -2.26. The Morgan fingerprint density at radius 3 is 2.60 bits per heavy atom. The highest BCUT2D eigenvalue weighted by Crippen LogP contribution is 2.18. The van der Waals surface area contributed by atoms with E-state index >= 15 is 0 Å². The molecule has 0 aromatic heterocycles. The number of para-hydroxylation sites is 1. The first-order valence-electron chi connectivity index (χ1n) is 6.03. The van der Waals surface area contributed by atoms with Gasteiger partial charge in [-0.05, 0) is 18.2 Å². The summed E-state index contributed by atoms with van der Waals surface area (Å²) < 4.78 is 5.08. The number of benzene rings is 2. The predicted molar refractivity (Wildman–Crippen MR) is 78.4 cm³/mol. The summed E-state index contributed by atoms with van der Waals surface area (Å²) in [5, 5.41) is 10.1. The molecule has 0 spiro atoms. The van der Waals surface area contributed by atoms with Crippen molar-refractivity contribution in [1.82, 2.24) is 0 Å². The van der Waals surface area contributed by atoms with Gasteiger partial charge in [0.2, 0.25) is 0 Å². The normalized spacial score (nSPS) is 10.7. The average molecular weight is 289 g/mol. The maximum Gasteiger partial charge on any atom is 0.331 e. The highest BCUT2D eigenvalue weighted by molar-refractivity contribution is 6.31. The van der Waals surface area contributed by atoms with Gasteiger partial charge in [0.25, 0.3) is 0 Å². The van der Waals surface area contributed by atoms with Crippen LogP contribution in [-0.4, -0.2) is 11.1 Å². The third-order valence-electron chi connectivity index (χ3n) is 2.66. The molecule has 0 heterocycles. The lowest BCUT2D eigenvalue weighted by Crippen LogP contribution is -2.01. The lowest BCUT2D eigenvalue weighted by atomic mass is 10.2. The first-order valence-corrected chi connectivity index (χ1v) is 6.41. The van der Waals surface area contributed by atoms with Gasteiger partial charge in [-0.15, -0.1) is 0 Å². The summed E-state index contributed by atoms with van der Waals surface area (Å²) in [6.45, 7) is 0.115. The first-order chi connectivity index (χ1) is 9.66. The van der Waals surface area contributed by atoms with Gasteiger partial charge in [0, 0.05) is 22.2 Å². The maximum atomic E-state index is 11.6. The van der Waals surface area contributed by atoms with Crippen molar-refractivity contribution in [3.8, 4) is 5.75 Å². The fraction of sp³-hybridized carbons (Fsp3) is 0.0625. The fourth-order valence-electron chi connectivity index (χ4n) is 1.60. The summed E-state index contributed by atoms with van der Waals surface area (Å²) in [5.74, 6) is -0.379. The van der Waals surface area contributed by atoms with Crippen LogP contribution in [-0.2, 0) is 16.1 Å². The van der Waals surface area contributed by atoms with Crippen molar-refractivity contribution in [2.45, 2.75) is 6.61 Å². The van der Waals surface area contributed by atoms with Crippen LogP contribution >= 0.6 is 11.6 Å². The van der Waals surface area contributed by atoms with Crippen LogP contribution < -0.4 is 0 Å². The second kappa shape index (κ2) is 6.78. The van der Waals surface area contributed by atoms with Crippen LogP contribution in [0.5, 0.6) is 5.75 Å². The number of carbonyl (C=O) groups is 1. The van der Waals surface area contributed by atoms with Crippen LogP contribution in [0.2, 0.25) is 5.02 Å². The van der Waals surface area contributed by atoms with Crippen molar-refractivity contribution in [3.05, 3.63) is 70.8 Å². The molecule has 4 heteroatoms. The van der Waals surface area contributed by atoms with Gasteiger partial charge in [-0.3, -0.25) is 0 Å². The molecule has 0 aliphatic rings. The molecule has 0 saturated carbocycles. The van der Waals surface area contributed by atoms with Crippen molar-refractivity contribution < 1.29 is 14.6 Å². The Kier molecular flexibility index (Phi) is 4.80. The molecule has 0 bridgehead atoms. The molecule has 0 saturated heterocycles. The van der Waals surface area contributed by atoms with Gasteiger partial charge < -0.3 is 9.84 Å². The van der Waals surface area contributed by atoms with Crippen molar-refractivity contribution >= 4 is 23.6 Å². The molecule has 1 N–H and O–H groups in total. The predicted octanol–water partition coefficient (Wildman–Crippen LogP) is 3.80. The van der Waals surface area contributed by atoms with E-state index in [0.29, 0.717) is 10.6 Å². The molecule has 0 amide bonds. The number of hydrogen-bond donors (Lipinski definition) is 1. The summed E-state index contributed by atoms with van der Waals surface area (Å²) in [6, 6.07) is 13.9. The van der Waals surface area contributed by atoms with Crippen molar-refractivity contribution in [2.75, 3.05) is 0 Å². The summed E-state index contributed by atoms with van der Waals surface area (Å²) in [5.41, 5.74) is 1.31. The van der Waals surface area contributed by atoms with E-state index < -0.39 is 5.97 Å². The van der Waals surface area contributed by atoms with Crippen LogP contribution in [0.1, 0.15) is 11.1 Å². The highest BCUT2D eigenvalue weighted by Gasteiger charge is 2.03. The lowest BCUT2D eigenvalue weighted by Gasteiger charge is -2.04. The molecule has 2 rings (SSSR count). The zero-order valence-electron chi connectivity index (χ0n) is 10.6. The smallest absolute Gasteiger partial charge is 0.331 e. The molecule has 102 valence electrons. The second-order valence-electron chi connectivity index (χ2n) is 4.09. The topological polar surface area (TPSA) is 46.5 Å². The number of halogens is 1. The van der Waals surface area contributed by atoms with Gasteiger partial charge in [0.1, 0.15) is 12.4 Å². The zero-order chi connectivity index (χ0) is 14.4. The van der Waals surface area contributed by atoms with Gasteiger partial charge >= 0.3 is 5.97 Å². The van der Waals surface area contributed by atoms with E-state index in [0.717, 1.165) is 5.56 Å². The first kappa shape index (κ1) is 14.2. The largest absolute Gasteiger partial charge is 0.507 e. The molecule has 2 aromatic carbocycles. The Morgan fingerprint density at radius 2 is 1.85 bits per heavy atom. The zero-order valence-corrected chi connectivity index (χ0v) is 11.4. The van der Waals surface area contributed by atoms with E-state index in [-0.39, 0.29) is 12.4 Å². The van der Waals surface area contributed by atoms with Crippen LogP contribution in [0.25, 0.3) is 6.08 Å². The minimum atomic E-state index is -0.492. The fourth-order valence-corrected chi connectivity index (χ4v) is 1.79. The number of ether oxygens (including phenoxy) is 1. The van der Waals surface area contributed by atoms with E-state index in [1.54, 1.807) is 36.4 Å². The molecule has 0 aliphatic carbocycles. The summed E-state index contributed by atoms with van der Waals surface area (Å²) in [4.78, 5) is 11.6. The Morgan fingerprint density at radius 1 is 1.15 bits per heavy atom. The van der Waals surface area contributed by atoms with E-state index in [9.17, 15) is 9.90 Å². The standard InChI is InChI=1S/C16H13ClO3/c17-14-7-3-1-6-13(14)11-20-16(19)10-9-12-5-2-4-8-15(12)18/h1-10,18H,11H2/b10-9+. The molecule has 0 aliphatic heterocycles. The average Bonchev–Trinajstić information content (AvgIpc) is 2.45. The summed E-state index contributed by atoms with van der Waals surface area (Å²) >= 11 is 5.96. The molecule has 20 heavy (non-hydrogen) atoms. The Labute approximate surface area is 122 Å². The number of hydrogen-bond acceptors (Lipinski definition) is 3. The molecule has 0 fully saturated rings. The summed E-state index contributed by atoms with van der Waals surface area (Å²) in [6.07, 6.45) is 2.77. The van der Waals surface area contributed by atoms with E-state index in [4.69, 9.17) is 16.3 Å². The number of esters is 1. The number of phenolic OH excluding ortho intramolecular Hbond substituents is 1. The quantitative estimate of drug-likeness (QED) is 0.687. The molecular formula is C16H13ClO3. The molecule has 0 atom stereocenters. The van der Waals surface area contributed by atoms with Gasteiger partial charge in [-0.1, -0.05) is 48.0 Å². The van der Waals surface area contributed by atoms with E-state index in [1.165, 1.54) is 12.2 Å². The van der Waals surface area contributed by atoms with Gasteiger partial charge in [-0.25, -0.2) is 4.79 Å². The second-order valence-corrected chi connectivity index (χ2v) is 4.50. The van der Waals surface area contributed by atoms with E-state index in [1.807, 2.05) is 12.1 Å². The number of phenols is 1. The van der Waals surface area contributed by atoms with Crippen molar-refractivity contribution in [1.29, 1.82) is 0 Å².